The molecule has 0 bridgehead atoms. The summed E-state index contributed by atoms with van der Waals surface area (Å²) >= 11 is 5.58. The summed E-state index contributed by atoms with van der Waals surface area (Å²) in [5, 5.41) is -0.0100. The molecule has 1 N–H and O–H groups in total. The maximum atomic E-state index is 13.3. The van der Waals surface area contributed by atoms with Crippen molar-refractivity contribution in [2.45, 2.75) is 5.75 Å². The molecule has 22 heavy (non-hydrogen) atoms. The Balaban J connectivity index is 1.79. The lowest BCUT2D eigenvalue weighted by molar-refractivity contribution is 0.156. The number of hydrogen-bond donors (Lipinski definition) is 1. The highest BCUT2D eigenvalue weighted by atomic mass is 35.5. The van der Waals surface area contributed by atoms with Crippen LogP contribution in [0.5, 0.6) is 0 Å². The van der Waals surface area contributed by atoms with E-state index in [-0.39, 0.29) is 10.8 Å². The molecular formula is C14H21ClFN3O2S. The monoisotopic (exact) mass is 349 g/mol. The fourth-order valence-corrected chi connectivity index (χ4v) is 3.57. The summed E-state index contributed by atoms with van der Waals surface area (Å²) in [7, 11) is -1.40. The van der Waals surface area contributed by atoms with Gasteiger partial charge in [-0.3, -0.25) is 4.90 Å². The van der Waals surface area contributed by atoms with Crippen LogP contribution in [0.25, 0.3) is 0 Å². The molecule has 0 atom stereocenters. The van der Waals surface area contributed by atoms with Gasteiger partial charge in [0.15, 0.2) is 0 Å². The van der Waals surface area contributed by atoms with Crippen molar-refractivity contribution in [1.82, 2.24) is 14.5 Å². The zero-order chi connectivity index (χ0) is 16.2. The van der Waals surface area contributed by atoms with Gasteiger partial charge in [0.1, 0.15) is 5.82 Å². The zero-order valence-electron chi connectivity index (χ0n) is 12.6. The van der Waals surface area contributed by atoms with Crippen molar-refractivity contribution in [3.63, 3.8) is 0 Å². The summed E-state index contributed by atoms with van der Waals surface area (Å²) in [6, 6.07) is 4.04. The van der Waals surface area contributed by atoms with Gasteiger partial charge in [0.25, 0.3) is 0 Å². The zero-order valence-corrected chi connectivity index (χ0v) is 14.1. The summed E-state index contributed by atoms with van der Waals surface area (Å²) in [5.41, 5.74) is 0.383. The molecule has 0 spiro atoms. The smallest absolute Gasteiger partial charge is 0.215 e. The predicted octanol–water partition coefficient (Wildman–Crippen LogP) is 1.15. The van der Waals surface area contributed by atoms with Crippen LogP contribution in [0.2, 0.25) is 5.02 Å². The molecule has 1 aliphatic heterocycles. The number of halogens is 2. The Morgan fingerprint density at radius 2 is 1.95 bits per heavy atom. The van der Waals surface area contributed by atoms with Gasteiger partial charge in [0.2, 0.25) is 10.0 Å². The molecular weight excluding hydrogens is 329 g/mol. The van der Waals surface area contributed by atoms with Crippen molar-refractivity contribution in [1.29, 1.82) is 0 Å². The molecule has 1 saturated heterocycles. The summed E-state index contributed by atoms with van der Waals surface area (Å²) < 4.78 is 39.9. The van der Waals surface area contributed by atoms with Crippen LogP contribution in [0, 0.1) is 5.82 Å². The molecule has 5 nitrogen and oxygen atoms in total. The normalized spacial score (nSPS) is 17.8. The largest absolute Gasteiger partial charge is 0.304 e. The molecule has 1 fully saturated rings. The molecule has 124 valence electrons. The van der Waals surface area contributed by atoms with Crippen LogP contribution >= 0.6 is 11.6 Å². The average molecular weight is 350 g/mol. The molecule has 0 aromatic heterocycles. The molecule has 0 aliphatic carbocycles. The topological polar surface area (TPSA) is 52.6 Å². The minimum absolute atomic E-state index is 0.0100. The second-order valence-corrected chi connectivity index (χ2v) is 7.76. The minimum Gasteiger partial charge on any atom is -0.304 e. The van der Waals surface area contributed by atoms with Gasteiger partial charge in [-0.15, -0.1) is 0 Å². The molecule has 1 heterocycles. The highest BCUT2D eigenvalue weighted by Crippen LogP contribution is 2.16. The molecule has 0 radical (unpaired) electrons. The molecule has 1 aromatic carbocycles. The van der Waals surface area contributed by atoms with Gasteiger partial charge in [-0.1, -0.05) is 17.7 Å². The van der Waals surface area contributed by atoms with Crippen LogP contribution < -0.4 is 4.72 Å². The fourth-order valence-electron chi connectivity index (χ4n) is 2.33. The van der Waals surface area contributed by atoms with E-state index in [1.165, 1.54) is 12.1 Å². The van der Waals surface area contributed by atoms with Crippen LogP contribution in [-0.2, 0) is 15.8 Å². The van der Waals surface area contributed by atoms with E-state index in [1.54, 1.807) is 0 Å². The summed E-state index contributed by atoms with van der Waals surface area (Å²) in [6.45, 7) is 4.93. The van der Waals surface area contributed by atoms with Crippen LogP contribution in [0.1, 0.15) is 5.56 Å². The molecule has 2 rings (SSSR count). The van der Waals surface area contributed by atoms with Gasteiger partial charge < -0.3 is 4.90 Å². The number of rotatable bonds is 6. The standard InChI is InChI=1S/C14H21ClFN3O2S/c1-18-6-8-19(9-7-18)5-4-17-22(20,21)11-12-2-3-13(15)14(16)10-12/h2-3,10,17H,4-9,11H2,1H3. The molecule has 0 saturated carbocycles. The first kappa shape index (κ1) is 17.6. The Hall–Kier alpha value is -0.730. The highest BCUT2D eigenvalue weighted by molar-refractivity contribution is 7.88. The second kappa shape index (κ2) is 7.70. The maximum absolute atomic E-state index is 13.3. The van der Waals surface area contributed by atoms with Crippen molar-refractivity contribution in [3.8, 4) is 0 Å². The quantitative estimate of drug-likeness (QED) is 0.837. The van der Waals surface area contributed by atoms with Gasteiger partial charge in [0.05, 0.1) is 10.8 Å². The number of piperazine rings is 1. The van der Waals surface area contributed by atoms with Crippen LogP contribution in [0.4, 0.5) is 4.39 Å². The predicted molar refractivity (Wildman–Crippen MR) is 86.0 cm³/mol. The lowest BCUT2D eigenvalue weighted by Crippen LogP contribution is -2.46. The lowest BCUT2D eigenvalue weighted by Gasteiger charge is -2.32. The summed E-state index contributed by atoms with van der Waals surface area (Å²) in [5.74, 6) is -0.851. The number of nitrogens with zero attached hydrogens (tertiary/aromatic N) is 2. The van der Waals surface area contributed by atoms with Crippen molar-refractivity contribution < 1.29 is 12.8 Å². The van der Waals surface area contributed by atoms with E-state index in [0.717, 1.165) is 32.2 Å². The second-order valence-electron chi connectivity index (χ2n) is 5.55. The Morgan fingerprint density at radius 3 is 2.59 bits per heavy atom. The third-order valence-corrected chi connectivity index (χ3v) is 5.35. The number of likely N-dealkylation sites (N-methyl/N-ethyl adjacent to an activating group) is 1. The fraction of sp³-hybridized carbons (Fsp3) is 0.571. The van der Waals surface area contributed by atoms with E-state index < -0.39 is 15.8 Å². The van der Waals surface area contributed by atoms with Gasteiger partial charge in [-0.25, -0.2) is 17.5 Å². The Morgan fingerprint density at radius 1 is 1.27 bits per heavy atom. The Bertz CT molecular complexity index is 604. The van der Waals surface area contributed by atoms with E-state index in [9.17, 15) is 12.8 Å². The molecule has 0 amide bonds. The van der Waals surface area contributed by atoms with Crippen LogP contribution in [0.3, 0.4) is 0 Å². The number of nitrogens with one attached hydrogen (secondary N) is 1. The first-order chi connectivity index (χ1) is 10.4. The van der Waals surface area contributed by atoms with E-state index in [0.29, 0.717) is 18.7 Å². The molecule has 1 aromatic rings. The number of hydrogen-bond acceptors (Lipinski definition) is 4. The summed E-state index contributed by atoms with van der Waals surface area (Å²) in [6.07, 6.45) is 0. The van der Waals surface area contributed by atoms with E-state index in [1.807, 2.05) is 0 Å². The van der Waals surface area contributed by atoms with Crippen LogP contribution in [-0.4, -0.2) is 64.5 Å². The van der Waals surface area contributed by atoms with Gasteiger partial charge in [-0.2, -0.15) is 0 Å². The van der Waals surface area contributed by atoms with Crippen molar-refractivity contribution >= 4 is 21.6 Å². The first-order valence-corrected chi connectivity index (χ1v) is 9.21. The molecule has 8 heteroatoms. The minimum atomic E-state index is -3.47. The van der Waals surface area contributed by atoms with Crippen molar-refractivity contribution in [2.75, 3.05) is 46.3 Å². The molecule has 0 unspecified atom stereocenters. The third kappa shape index (κ3) is 5.48. The number of sulfonamides is 1. The van der Waals surface area contributed by atoms with E-state index in [2.05, 4.69) is 21.6 Å². The van der Waals surface area contributed by atoms with Gasteiger partial charge in [0, 0.05) is 39.3 Å². The van der Waals surface area contributed by atoms with Gasteiger partial charge in [-0.05, 0) is 24.7 Å². The molecule has 1 aliphatic rings. The van der Waals surface area contributed by atoms with E-state index in [4.69, 9.17) is 11.6 Å². The van der Waals surface area contributed by atoms with E-state index >= 15 is 0 Å². The maximum Gasteiger partial charge on any atom is 0.215 e. The van der Waals surface area contributed by atoms with Crippen molar-refractivity contribution in [3.05, 3.63) is 34.6 Å². The highest BCUT2D eigenvalue weighted by Gasteiger charge is 2.16. The summed E-state index contributed by atoms with van der Waals surface area (Å²) in [4.78, 5) is 4.47. The average Bonchev–Trinajstić information content (AvgIpc) is 2.45. The first-order valence-electron chi connectivity index (χ1n) is 7.18. The lowest BCUT2D eigenvalue weighted by atomic mass is 10.2. The van der Waals surface area contributed by atoms with Crippen LogP contribution in [0.15, 0.2) is 18.2 Å². The SMILES string of the molecule is CN1CCN(CCNS(=O)(=O)Cc2ccc(Cl)c(F)c2)CC1. The van der Waals surface area contributed by atoms with Crippen molar-refractivity contribution in [2.24, 2.45) is 0 Å². The third-order valence-electron chi connectivity index (χ3n) is 3.69. The number of benzene rings is 1. The Kier molecular flexibility index (Phi) is 6.17. The van der Waals surface area contributed by atoms with Gasteiger partial charge >= 0.3 is 0 Å². The Labute approximate surface area is 136 Å².